The van der Waals surface area contributed by atoms with Crippen LogP contribution >= 0.6 is 0 Å². The quantitative estimate of drug-likeness (QED) is 0.275. The average molecular weight is 592 g/mol. The smallest absolute Gasteiger partial charge is 0.317 e. The molecule has 2 fully saturated rings. The molecule has 0 radical (unpaired) electrons. The highest BCUT2D eigenvalue weighted by molar-refractivity contribution is 5.69. The Balaban J connectivity index is 2.02. The first-order valence-electron chi connectivity index (χ1n) is 14.4. The van der Waals surface area contributed by atoms with Crippen molar-refractivity contribution in [3.63, 3.8) is 0 Å². The fourth-order valence-electron chi connectivity index (χ4n) is 4.57. The standard InChI is InChI=1S/C26H49N5O10/c32-24(33)20-28-5-2-27(3-6-29(21-25(34)35)8-10-30(9-7-28)22-26(36)37)4-11-31-12-15-39-17-19-40-18-16-38-13-1-14-41-23-31/h1-23H2,(H,32,33)(H,34,35)(H,36,37). The van der Waals surface area contributed by atoms with Crippen LogP contribution in [0.3, 0.4) is 0 Å². The number of hydrogen-bond donors (Lipinski definition) is 3. The van der Waals surface area contributed by atoms with E-state index in [1.165, 1.54) is 0 Å². The van der Waals surface area contributed by atoms with Gasteiger partial charge in [0.2, 0.25) is 0 Å². The topological polar surface area (TPSA) is 165 Å². The summed E-state index contributed by atoms with van der Waals surface area (Å²) < 4.78 is 22.6. The Hall–Kier alpha value is -1.95. The molecular formula is C26H49N5O10. The fourth-order valence-corrected chi connectivity index (χ4v) is 4.57. The maximum atomic E-state index is 11.5. The van der Waals surface area contributed by atoms with Gasteiger partial charge in [0.25, 0.3) is 0 Å². The Morgan fingerprint density at radius 3 is 1.27 bits per heavy atom. The number of nitrogens with zero attached hydrogens (tertiary/aromatic N) is 5. The molecule has 2 aliphatic rings. The molecule has 0 aliphatic carbocycles. The molecule has 0 unspecified atom stereocenters. The maximum absolute atomic E-state index is 11.5. The van der Waals surface area contributed by atoms with Crippen molar-refractivity contribution >= 4 is 17.9 Å². The summed E-state index contributed by atoms with van der Waals surface area (Å²) in [5.41, 5.74) is 0. The van der Waals surface area contributed by atoms with Crippen LogP contribution in [0.25, 0.3) is 0 Å². The molecule has 2 saturated heterocycles. The van der Waals surface area contributed by atoms with Crippen molar-refractivity contribution in [1.82, 2.24) is 24.5 Å². The zero-order valence-electron chi connectivity index (χ0n) is 24.2. The maximum Gasteiger partial charge on any atom is 0.317 e. The summed E-state index contributed by atoms with van der Waals surface area (Å²) in [6.07, 6.45) is 0.791. The van der Waals surface area contributed by atoms with Crippen LogP contribution in [-0.2, 0) is 33.3 Å². The average Bonchev–Trinajstić information content (AvgIpc) is 2.92. The summed E-state index contributed by atoms with van der Waals surface area (Å²) in [5.74, 6) is -2.84. The third-order valence-corrected chi connectivity index (χ3v) is 6.89. The zero-order valence-corrected chi connectivity index (χ0v) is 24.2. The van der Waals surface area contributed by atoms with Gasteiger partial charge < -0.3 is 34.3 Å². The van der Waals surface area contributed by atoms with Gasteiger partial charge in [-0.05, 0) is 6.42 Å². The Bertz CT molecular complexity index is 701. The molecule has 2 aliphatic heterocycles. The molecule has 0 aromatic rings. The summed E-state index contributed by atoms with van der Waals surface area (Å²) in [6.45, 7) is 9.61. The lowest BCUT2D eigenvalue weighted by molar-refractivity contribution is -0.140. The van der Waals surface area contributed by atoms with Crippen LogP contribution < -0.4 is 0 Å². The van der Waals surface area contributed by atoms with Crippen LogP contribution in [0.2, 0.25) is 0 Å². The number of aliphatic carboxylic acids is 3. The summed E-state index contributed by atoms with van der Waals surface area (Å²) in [6, 6.07) is 0. The summed E-state index contributed by atoms with van der Waals surface area (Å²) in [5, 5.41) is 28.2. The normalized spacial score (nSPS) is 22.5. The van der Waals surface area contributed by atoms with Gasteiger partial charge in [-0.15, -0.1) is 0 Å². The van der Waals surface area contributed by atoms with Gasteiger partial charge in [0, 0.05) is 78.6 Å². The second-order valence-electron chi connectivity index (χ2n) is 10.2. The summed E-state index contributed by atoms with van der Waals surface area (Å²) in [7, 11) is 0. The molecule has 2 rings (SSSR count). The summed E-state index contributed by atoms with van der Waals surface area (Å²) >= 11 is 0. The van der Waals surface area contributed by atoms with E-state index in [0.717, 1.165) is 6.42 Å². The third kappa shape index (κ3) is 18.3. The molecule has 0 aromatic carbocycles. The van der Waals surface area contributed by atoms with Crippen LogP contribution in [0.15, 0.2) is 0 Å². The second-order valence-corrected chi connectivity index (χ2v) is 10.2. The van der Waals surface area contributed by atoms with Crippen LogP contribution in [-0.4, -0.2) is 202 Å². The van der Waals surface area contributed by atoms with Crippen molar-refractivity contribution in [2.45, 2.75) is 6.42 Å². The highest BCUT2D eigenvalue weighted by Gasteiger charge is 2.20. The minimum atomic E-state index is -0.975. The van der Waals surface area contributed by atoms with Gasteiger partial charge in [0.15, 0.2) is 0 Å². The lowest BCUT2D eigenvalue weighted by Gasteiger charge is -2.34. The molecule has 0 spiro atoms. The van der Waals surface area contributed by atoms with E-state index in [1.54, 1.807) is 4.90 Å². The molecule has 0 amide bonds. The van der Waals surface area contributed by atoms with Gasteiger partial charge in [-0.1, -0.05) is 0 Å². The number of rotatable bonds is 9. The Morgan fingerprint density at radius 2 is 0.805 bits per heavy atom. The van der Waals surface area contributed by atoms with E-state index in [-0.39, 0.29) is 19.6 Å². The number of carboxylic acid groups (broad SMARTS) is 3. The highest BCUT2D eigenvalue weighted by Crippen LogP contribution is 2.03. The number of carboxylic acids is 3. The van der Waals surface area contributed by atoms with Crippen molar-refractivity contribution < 1.29 is 48.7 Å². The molecule has 2 heterocycles. The molecule has 15 heteroatoms. The van der Waals surface area contributed by atoms with E-state index < -0.39 is 17.9 Å². The molecule has 0 bridgehead atoms. The molecule has 15 nitrogen and oxygen atoms in total. The lowest BCUT2D eigenvalue weighted by Crippen LogP contribution is -2.49. The number of hydrogen-bond acceptors (Lipinski definition) is 12. The molecule has 0 atom stereocenters. The second kappa shape index (κ2) is 21.7. The fraction of sp³-hybridized carbons (Fsp3) is 0.885. The van der Waals surface area contributed by atoms with E-state index in [1.807, 2.05) is 9.80 Å². The van der Waals surface area contributed by atoms with Crippen molar-refractivity contribution in [3.8, 4) is 0 Å². The Morgan fingerprint density at radius 1 is 0.439 bits per heavy atom. The first-order chi connectivity index (χ1) is 19.8. The van der Waals surface area contributed by atoms with Gasteiger partial charge in [-0.3, -0.25) is 38.9 Å². The van der Waals surface area contributed by atoms with Gasteiger partial charge in [0.05, 0.1) is 66.0 Å². The number of carbonyl (C=O) groups is 3. The predicted molar refractivity (Wildman–Crippen MR) is 148 cm³/mol. The molecule has 238 valence electrons. The van der Waals surface area contributed by atoms with Gasteiger partial charge in [-0.2, -0.15) is 0 Å². The van der Waals surface area contributed by atoms with Gasteiger partial charge in [0.1, 0.15) is 0 Å². The van der Waals surface area contributed by atoms with Crippen LogP contribution in [0.5, 0.6) is 0 Å². The van der Waals surface area contributed by atoms with E-state index >= 15 is 0 Å². The molecule has 41 heavy (non-hydrogen) atoms. The third-order valence-electron chi connectivity index (χ3n) is 6.89. The minimum Gasteiger partial charge on any atom is -0.480 e. The highest BCUT2D eigenvalue weighted by atomic mass is 16.5. The predicted octanol–water partition coefficient (Wildman–Crippen LogP) is -1.81. The van der Waals surface area contributed by atoms with E-state index in [0.29, 0.717) is 125 Å². The van der Waals surface area contributed by atoms with E-state index in [2.05, 4.69) is 9.80 Å². The van der Waals surface area contributed by atoms with Crippen molar-refractivity contribution in [2.75, 3.05) is 145 Å². The Kier molecular flexibility index (Phi) is 18.7. The van der Waals surface area contributed by atoms with Crippen LogP contribution in [0, 0.1) is 0 Å². The van der Waals surface area contributed by atoms with Crippen LogP contribution in [0.1, 0.15) is 6.42 Å². The van der Waals surface area contributed by atoms with Crippen molar-refractivity contribution in [2.24, 2.45) is 0 Å². The SMILES string of the molecule is O=C(O)CN1CCN(CCN2CCOCCOCCOCCCOC2)CCN(CC(=O)O)CCN(CC(=O)O)CC1. The molecule has 0 saturated carbocycles. The Labute approximate surface area is 242 Å². The van der Waals surface area contributed by atoms with Gasteiger partial charge in [-0.25, -0.2) is 0 Å². The number of ether oxygens (including phenoxy) is 4. The van der Waals surface area contributed by atoms with E-state index in [4.69, 9.17) is 18.9 Å². The minimum absolute atomic E-state index is 0.134. The lowest BCUT2D eigenvalue weighted by atomic mass is 10.3. The zero-order chi connectivity index (χ0) is 29.7. The van der Waals surface area contributed by atoms with E-state index in [9.17, 15) is 29.7 Å². The molecule has 0 aromatic heterocycles. The first kappa shape index (κ1) is 35.2. The largest absolute Gasteiger partial charge is 0.480 e. The summed E-state index contributed by atoms with van der Waals surface area (Å²) in [4.78, 5) is 44.1. The molecular weight excluding hydrogens is 542 g/mol. The van der Waals surface area contributed by atoms with Crippen molar-refractivity contribution in [3.05, 3.63) is 0 Å². The van der Waals surface area contributed by atoms with Gasteiger partial charge >= 0.3 is 17.9 Å². The molecule has 3 N–H and O–H groups in total. The van der Waals surface area contributed by atoms with Crippen LogP contribution in [0.4, 0.5) is 0 Å². The van der Waals surface area contributed by atoms with Crippen molar-refractivity contribution in [1.29, 1.82) is 0 Å². The first-order valence-corrected chi connectivity index (χ1v) is 14.4. The monoisotopic (exact) mass is 591 g/mol.